The largest absolute Gasteiger partial charge is 0.337 e. The summed E-state index contributed by atoms with van der Waals surface area (Å²) in [5, 5.41) is 4.06. The van der Waals surface area contributed by atoms with Gasteiger partial charge in [-0.15, -0.1) is 0 Å². The molecule has 33 heavy (non-hydrogen) atoms. The van der Waals surface area contributed by atoms with E-state index < -0.39 is 16.1 Å². The Hall–Kier alpha value is -3.24. The third-order valence-corrected chi connectivity index (χ3v) is 6.92. The maximum Gasteiger partial charge on any atom is 0.326 e. The third kappa shape index (κ3) is 4.62. The molecular formula is C23H27N5O4S. The Morgan fingerprint density at radius 1 is 1.15 bits per heavy atom. The minimum Gasteiger partial charge on any atom is -0.337 e. The van der Waals surface area contributed by atoms with Crippen molar-refractivity contribution in [2.24, 2.45) is 5.92 Å². The van der Waals surface area contributed by atoms with E-state index in [-0.39, 0.29) is 22.4 Å². The van der Waals surface area contributed by atoms with Gasteiger partial charge in [0.15, 0.2) is 0 Å². The van der Waals surface area contributed by atoms with Gasteiger partial charge in [0.25, 0.3) is 0 Å². The van der Waals surface area contributed by atoms with E-state index in [0.717, 1.165) is 17.5 Å². The number of hydrogen-bond donors (Lipinski definition) is 2. The van der Waals surface area contributed by atoms with Gasteiger partial charge in [-0.1, -0.05) is 43.6 Å². The fourth-order valence-electron chi connectivity index (χ4n) is 3.65. The Morgan fingerprint density at radius 3 is 2.55 bits per heavy atom. The minimum atomic E-state index is -3.78. The van der Waals surface area contributed by atoms with E-state index in [1.54, 1.807) is 34.9 Å². The van der Waals surface area contributed by atoms with Gasteiger partial charge in [0.1, 0.15) is 6.04 Å². The van der Waals surface area contributed by atoms with Gasteiger partial charge in [0.05, 0.1) is 15.9 Å². The molecule has 2 N–H and O–H groups in total. The fraction of sp³-hybridized carbons (Fsp3) is 0.348. The van der Waals surface area contributed by atoms with Crippen LogP contribution in [0.15, 0.2) is 56.7 Å². The van der Waals surface area contributed by atoms with Crippen molar-refractivity contribution in [2.75, 3.05) is 0 Å². The van der Waals surface area contributed by atoms with E-state index in [2.05, 4.69) is 19.8 Å². The zero-order valence-electron chi connectivity index (χ0n) is 19.0. The number of rotatable bonds is 8. The summed E-state index contributed by atoms with van der Waals surface area (Å²) in [4.78, 5) is 19.7. The molecule has 174 valence electrons. The molecule has 2 heterocycles. The highest BCUT2D eigenvalue weighted by Gasteiger charge is 2.29. The van der Waals surface area contributed by atoms with Crippen LogP contribution in [0.1, 0.15) is 44.7 Å². The average Bonchev–Trinajstić information content (AvgIpc) is 3.37. The number of nitrogens with one attached hydrogen (secondary N) is 2. The summed E-state index contributed by atoms with van der Waals surface area (Å²) >= 11 is 0. The Bertz CT molecular complexity index is 1430. The summed E-state index contributed by atoms with van der Waals surface area (Å²) in [6.45, 7) is 8.28. The number of fused-ring (bicyclic) bond motifs is 1. The Labute approximate surface area is 191 Å². The first-order chi connectivity index (χ1) is 15.7. The highest BCUT2D eigenvalue weighted by Crippen LogP contribution is 2.27. The summed E-state index contributed by atoms with van der Waals surface area (Å²) in [7, 11) is -3.78. The molecule has 1 atom stereocenters. The van der Waals surface area contributed by atoms with Crippen LogP contribution in [0, 0.1) is 12.8 Å². The van der Waals surface area contributed by atoms with Crippen LogP contribution in [-0.4, -0.2) is 28.1 Å². The van der Waals surface area contributed by atoms with Gasteiger partial charge in [-0.05, 0) is 49.6 Å². The molecule has 9 nitrogen and oxygen atoms in total. The zero-order chi connectivity index (χ0) is 23.8. The number of aromatic nitrogens is 4. The molecule has 0 fully saturated rings. The van der Waals surface area contributed by atoms with Crippen LogP contribution in [0.25, 0.3) is 22.4 Å². The van der Waals surface area contributed by atoms with Crippen LogP contribution in [-0.2, 0) is 16.6 Å². The fourth-order valence-corrected chi connectivity index (χ4v) is 4.99. The number of benzene rings is 2. The molecule has 10 heteroatoms. The molecule has 1 unspecified atom stereocenters. The first-order valence-corrected chi connectivity index (χ1v) is 12.3. The number of nitrogens with zero attached hydrogens (tertiary/aromatic N) is 3. The summed E-state index contributed by atoms with van der Waals surface area (Å²) in [6, 6.07) is 11.4. The van der Waals surface area contributed by atoms with E-state index in [9.17, 15) is 13.2 Å². The second-order valence-electron chi connectivity index (χ2n) is 8.43. The quantitative estimate of drug-likeness (QED) is 0.405. The van der Waals surface area contributed by atoms with Crippen molar-refractivity contribution < 1.29 is 12.9 Å². The summed E-state index contributed by atoms with van der Waals surface area (Å²) in [6.07, 6.45) is 0.845. The minimum absolute atomic E-state index is 0.138. The van der Waals surface area contributed by atoms with Crippen molar-refractivity contribution in [1.29, 1.82) is 0 Å². The second-order valence-corrected chi connectivity index (χ2v) is 10.1. The number of aromatic amines is 1. The van der Waals surface area contributed by atoms with Crippen molar-refractivity contribution in [2.45, 2.75) is 51.6 Å². The average molecular weight is 470 g/mol. The van der Waals surface area contributed by atoms with Crippen molar-refractivity contribution in [3.05, 3.63) is 64.4 Å². The number of hydrogen-bond acceptors (Lipinski definition) is 6. The first kappa shape index (κ1) is 22.9. The molecule has 0 aliphatic rings. The lowest BCUT2D eigenvalue weighted by Gasteiger charge is -2.18. The Kier molecular flexibility index (Phi) is 6.22. The number of sulfonamides is 1. The molecule has 0 aliphatic heterocycles. The lowest BCUT2D eigenvalue weighted by molar-refractivity contribution is 0.311. The molecule has 2 aromatic heterocycles. The number of imidazole rings is 1. The first-order valence-electron chi connectivity index (χ1n) is 10.8. The monoisotopic (exact) mass is 469 g/mol. The zero-order valence-corrected chi connectivity index (χ0v) is 19.8. The van der Waals surface area contributed by atoms with Crippen LogP contribution >= 0.6 is 0 Å². The van der Waals surface area contributed by atoms with Crippen LogP contribution in [0.2, 0.25) is 0 Å². The predicted octanol–water partition coefficient (Wildman–Crippen LogP) is 3.77. The molecule has 2 aromatic carbocycles. The van der Waals surface area contributed by atoms with Gasteiger partial charge in [-0.25, -0.2) is 13.2 Å². The lowest BCUT2D eigenvalue weighted by Crippen LogP contribution is -2.32. The maximum absolute atomic E-state index is 12.9. The van der Waals surface area contributed by atoms with Crippen molar-refractivity contribution in [3.8, 4) is 11.4 Å². The molecule has 0 radical (unpaired) electrons. The molecule has 0 bridgehead atoms. The molecule has 0 amide bonds. The summed E-state index contributed by atoms with van der Waals surface area (Å²) in [5.41, 5.74) is 2.95. The van der Waals surface area contributed by atoms with Crippen molar-refractivity contribution >= 4 is 21.1 Å². The van der Waals surface area contributed by atoms with Crippen molar-refractivity contribution in [1.82, 2.24) is 24.4 Å². The third-order valence-electron chi connectivity index (χ3n) is 5.47. The van der Waals surface area contributed by atoms with Crippen LogP contribution in [0.4, 0.5) is 0 Å². The second kappa shape index (κ2) is 8.95. The van der Waals surface area contributed by atoms with Gasteiger partial charge in [-0.2, -0.15) is 9.71 Å². The normalized spacial score (nSPS) is 13.1. The van der Waals surface area contributed by atoms with Crippen LogP contribution < -0.4 is 10.4 Å². The lowest BCUT2D eigenvalue weighted by atomic mass is 10.1. The molecule has 0 saturated heterocycles. The van der Waals surface area contributed by atoms with Gasteiger partial charge in [-0.3, -0.25) is 4.57 Å². The predicted molar refractivity (Wildman–Crippen MR) is 125 cm³/mol. The number of aryl methyl sites for hydroxylation is 2. The molecular weight excluding hydrogens is 442 g/mol. The standard InChI is InChI=1S/C23H27N5O4S/c1-5-12-28-19-11-8-16(13-18(19)24-23(28)29)21-25-22(32-26-21)20(14(2)3)27-33(30,31)17-9-6-15(4)7-10-17/h6-11,13-14,20,27H,5,12H2,1-4H3,(H,24,29). The van der Waals surface area contributed by atoms with Crippen LogP contribution in [0.3, 0.4) is 0 Å². The molecule has 0 aliphatic carbocycles. The summed E-state index contributed by atoms with van der Waals surface area (Å²) < 4.78 is 35.6. The smallest absolute Gasteiger partial charge is 0.326 e. The Morgan fingerprint density at radius 2 is 1.88 bits per heavy atom. The maximum atomic E-state index is 12.9. The van der Waals surface area contributed by atoms with Crippen LogP contribution in [0.5, 0.6) is 0 Å². The van der Waals surface area contributed by atoms with Gasteiger partial charge in [0.2, 0.25) is 21.7 Å². The molecule has 4 rings (SSSR count). The van der Waals surface area contributed by atoms with E-state index in [1.807, 2.05) is 39.8 Å². The topological polar surface area (TPSA) is 123 Å². The summed E-state index contributed by atoms with van der Waals surface area (Å²) in [5.74, 6) is 0.351. The van der Waals surface area contributed by atoms with E-state index in [4.69, 9.17) is 4.52 Å². The number of H-pyrrole nitrogens is 1. The van der Waals surface area contributed by atoms with E-state index in [1.165, 1.54) is 0 Å². The SMILES string of the molecule is CCCn1c(=O)[nH]c2cc(-c3noc(C(NS(=O)(=O)c4ccc(C)cc4)C(C)C)n3)ccc21. The van der Waals surface area contributed by atoms with Crippen molar-refractivity contribution in [3.63, 3.8) is 0 Å². The molecule has 0 saturated carbocycles. The highest BCUT2D eigenvalue weighted by molar-refractivity contribution is 7.89. The molecule has 0 spiro atoms. The van der Waals surface area contributed by atoms with E-state index >= 15 is 0 Å². The Balaban J connectivity index is 1.64. The van der Waals surface area contributed by atoms with Gasteiger partial charge < -0.3 is 9.51 Å². The van der Waals surface area contributed by atoms with Gasteiger partial charge in [0, 0.05) is 12.1 Å². The highest BCUT2D eigenvalue weighted by atomic mass is 32.2. The molecule has 4 aromatic rings. The van der Waals surface area contributed by atoms with E-state index in [0.29, 0.717) is 23.4 Å². The van der Waals surface area contributed by atoms with Gasteiger partial charge >= 0.3 is 5.69 Å².